The fourth-order valence-electron chi connectivity index (χ4n) is 1.76. The minimum absolute atomic E-state index is 0.143. The number of anilines is 2. The third kappa shape index (κ3) is 3.76. The first-order chi connectivity index (χ1) is 9.97. The molecular formula is C15H14N2O3S. The number of carboxylic acid groups (broad SMARTS) is 1. The number of hydrogen-bond donors (Lipinski definition) is 3. The van der Waals surface area contributed by atoms with Crippen molar-refractivity contribution in [3.8, 4) is 0 Å². The van der Waals surface area contributed by atoms with E-state index in [1.807, 2.05) is 0 Å². The largest absolute Gasteiger partial charge is 0.478 e. The lowest BCUT2D eigenvalue weighted by Gasteiger charge is -2.09. The number of carbonyl (C=O) groups is 2. The fourth-order valence-corrected chi connectivity index (χ4v) is 2.72. The number of aromatic carboxylic acids is 1. The van der Waals surface area contributed by atoms with Gasteiger partial charge in [0.05, 0.1) is 5.56 Å². The van der Waals surface area contributed by atoms with Gasteiger partial charge in [-0.05, 0) is 36.4 Å². The minimum Gasteiger partial charge on any atom is -0.478 e. The lowest BCUT2D eigenvalue weighted by Crippen LogP contribution is -2.05. The zero-order valence-electron chi connectivity index (χ0n) is 11.3. The van der Waals surface area contributed by atoms with Crippen LogP contribution in [0, 0.1) is 0 Å². The third-order valence-corrected chi connectivity index (χ3v) is 3.84. The summed E-state index contributed by atoms with van der Waals surface area (Å²) in [5, 5.41) is 11.9. The van der Waals surface area contributed by atoms with E-state index in [9.17, 15) is 14.7 Å². The smallest absolute Gasteiger partial charge is 0.336 e. The lowest BCUT2D eigenvalue weighted by atomic mass is 10.2. The molecule has 108 valence electrons. The van der Waals surface area contributed by atoms with Gasteiger partial charge in [0.2, 0.25) is 5.91 Å². The second kappa shape index (κ2) is 6.32. The van der Waals surface area contributed by atoms with Crippen LogP contribution in [0.3, 0.4) is 0 Å². The van der Waals surface area contributed by atoms with Gasteiger partial charge in [0, 0.05) is 28.1 Å². The highest BCUT2D eigenvalue weighted by Gasteiger charge is 2.13. The lowest BCUT2D eigenvalue weighted by molar-refractivity contribution is -0.114. The number of carbonyl (C=O) groups excluding carboxylic acids is 1. The third-order valence-electron chi connectivity index (χ3n) is 2.67. The number of benzene rings is 2. The quantitative estimate of drug-likeness (QED) is 0.755. The fraction of sp³-hybridized carbons (Fsp3) is 0.0667. The Kier molecular flexibility index (Phi) is 4.49. The van der Waals surface area contributed by atoms with Crippen molar-refractivity contribution in [3.05, 3.63) is 48.0 Å². The zero-order valence-corrected chi connectivity index (χ0v) is 12.1. The van der Waals surface area contributed by atoms with Crippen molar-refractivity contribution in [2.45, 2.75) is 16.7 Å². The summed E-state index contributed by atoms with van der Waals surface area (Å²) >= 11 is 1.28. The standard InChI is InChI=1S/C15H14N2O3S/c1-9(18)17-10-5-7-11(8-6-10)21-14-12(15(19)20)3-2-4-13(14)16/h2-8H,16H2,1H3,(H,17,18)(H,19,20). The molecule has 5 nitrogen and oxygen atoms in total. The number of nitrogens with two attached hydrogens (primary N) is 1. The van der Waals surface area contributed by atoms with E-state index in [0.717, 1.165) is 4.90 Å². The molecule has 0 saturated carbocycles. The van der Waals surface area contributed by atoms with Crippen LogP contribution < -0.4 is 11.1 Å². The molecule has 2 aromatic carbocycles. The monoisotopic (exact) mass is 302 g/mol. The Balaban J connectivity index is 2.26. The Morgan fingerprint density at radius 2 is 1.81 bits per heavy atom. The molecule has 2 aromatic rings. The van der Waals surface area contributed by atoms with Gasteiger partial charge < -0.3 is 16.2 Å². The number of carboxylic acids is 1. The Hall–Kier alpha value is -2.47. The molecule has 0 heterocycles. The van der Waals surface area contributed by atoms with Crippen LogP contribution in [0.25, 0.3) is 0 Å². The van der Waals surface area contributed by atoms with Crippen molar-refractivity contribution in [2.24, 2.45) is 0 Å². The van der Waals surface area contributed by atoms with Crippen molar-refractivity contribution < 1.29 is 14.7 Å². The maximum Gasteiger partial charge on any atom is 0.336 e. The Morgan fingerprint density at radius 1 is 1.14 bits per heavy atom. The molecule has 0 spiro atoms. The van der Waals surface area contributed by atoms with Crippen LogP contribution in [-0.2, 0) is 4.79 Å². The SMILES string of the molecule is CC(=O)Nc1ccc(Sc2c(N)cccc2C(=O)O)cc1. The molecule has 0 atom stereocenters. The van der Waals surface area contributed by atoms with Gasteiger partial charge in [-0.3, -0.25) is 4.79 Å². The molecule has 0 aromatic heterocycles. The maximum atomic E-state index is 11.2. The molecular weight excluding hydrogens is 288 g/mol. The Morgan fingerprint density at radius 3 is 2.38 bits per heavy atom. The molecule has 0 radical (unpaired) electrons. The molecule has 4 N–H and O–H groups in total. The summed E-state index contributed by atoms with van der Waals surface area (Å²) in [4.78, 5) is 23.5. The minimum atomic E-state index is -1.01. The second-order valence-electron chi connectivity index (χ2n) is 4.34. The molecule has 0 bridgehead atoms. The topological polar surface area (TPSA) is 92.4 Å². The Bertz CT molecular complexity index is 684. The van der Waals surface area contributed by atoms with Crippen molar-refractivity contribution >= 4 is 35.0 Å². The van der Waals surface area contributed by atoms with Crippen LogP contribution in [0.1, 0.15) is 17.3 Å². The van der Waals surface area contributed by atoms with E-state index in [4.69, 9.17) is 5.73 Å². The van der Waals surface area contributed by atoms with Gasteiger partial charge in [-0.2, -0.15) is 0 Å². The molecule has 0 aliphatic carbocycles. The maximum absolute atomic E-state index is 11.2. The molecule has 0 saturated heterocycles. The number of rotatable bonds is 4. The van der Waals surface area contributed by atoms with Crippen LogP contribution in [0.4, 0.5) is 11.4 Å². The number of hydrogen-bond acceptors (Lipinski definition) is 4. The summed E-state index contributed by atoms with van der Waals surface area (Å²) in [6, 6.07) is 11.9. The summed E-state index contributed by atoms with van der Waals surface area (Å²) in [5.74, 6) is -1.16. The molecule has 0 fully saturated rings. The molecule has 0 unspecified atom stereocenters. The first kappa shape index (κ1) is 14.9. The first-order valence-corrected chi connectivity index (χ1v) is 6.96. The van der Waals surface area contributed by atoms with Gasteiger partial charge in [0.1, 0.15) is 0 Å². The van der Waals surface area contributed by atoms with Gasteiger partial charge in [0.25, 0.3) is 0 Å². The Labute approximate surface area is 126 Å². The van der Waals surface area contributed by atoms with Crippen LogP contribution in [-0.4, -0.2) is 17.0 Å². The summed E-state index contributed by atoms with van der Waals surface area (Å²) < 4.78 is 0. The van der Waals surface area contributed by atoms with Gasteiger partial charge in [-0.15, -0.1) is 0 Å². The predicted octanol–water partition coefficient (Wildman–Crippen LogP) is 3.08. The molecule has 1 amide bonds. The van der Waals surface area contributed by atoms with E-state index in [1.54, 1.807) is 36.4 Å². The van der Waals surface area contributed by atoms with Gasteiger partial charge in [0.15, 0.2) is 0 Å². The highest BCUT2D eigenvalue weighted by molar-refractivity contribution is 7.99. The highest BCUT2D eigenvalue weighted by atomic mass is 32.2. The van der Waals surface area contributed by atoms with E-state index < -0.39 is 5.97 Å². The molecule has 2 rings (SSSR count). The summed E-state index contributed by atoms with van der Waals surface area (Å²) in [6.07, 6.45) is 0. The number of nitrogen functional groups attached to an aromatic ring is 1. The average molecular weight is 302 g/mol. The van der Waals surface area contributed by atoms with E-state index in [1.165, 1.54) is 24.8 Å². The van der Waals surface area contributed by atoms with Crippen LogP contribution in [0.2, 0.25) is 0 Å². The second-order valence-corrected chi connectivity index (χ2v) is 5.42. The molecule has 21 heavy (non-hydrogen) atoms. The van der Waals surface area contributed by atoms with Crippen LogP contribution >= 0.6 is 11.8 Å². The summed E-state index contributed by atoms with van der Waals surface area (Å²) in [7, 11) is 0. The number of amides is 1. The number of nitrogens with one attached hydrogen (secondary N) is 1. The highest BCUT2D eigenvalue weighted by Crippen LogP contribution is 2.35. The normalized spacial score (nSPS) is 10.1. The van der Waals surface area contributed by atoms with Gasteiger partial charge >= 0.3 is 5.97 Å². The van der Waals surface area contributed by atoms with E-state index >= 15 is 0 Å². The van der Waals surface area contributed by atoms with Crippen molar-refractivity contribution in [1.82, 2.24) is 0 Å². The molecule has 0 aliphatic heterocycles. The van der Waals surface area contributed by atoms with Crippen LogP contribution in [0.15, 0.2) is 52.3 Å². The van der Waals surface area contributed by atoms with Crippen molar-refractivity contribution in [2.75, 3.05) is 11.1 Å². The van der Waals surface area contributed by atoms with E-state index in [0.29, 0.717) is 16.3 Å². The van der Waals surface area contributed by atoms with Gasteiger partial charge in [-0.25, -0.2) is 4.79 Å². The van der Waals surface area contributed by atoms with E-state index in [-0.39, 0.29) is 11.5 Å². The summed E-state index contributed by atoms with van der Waals surface area (Å²) in [6.45, 7) is 1.44. The zero-order chi connectivity index (χ0) is 15.4. The molecule has 6 heteroatoms. The van der Waals surface area contributed by atoms with Crippen molar-refractivity contribution in [1.29, 1.82) is 0 Å². The predicted molar refractivity (Wildman–Crippen MR) is 82.7 cm³/mol. The molecule has 0 aliphatic rings. The summed E-state index contributed by atoms with van der Waals surface area (Å²) in [5.41, 5.74) is 7.14. The van der Waals surface area contributed by atoms with Gasteiger partial charge in [-0.1, -0.05) is 17.8 Å². The first-order valence-electron chi connectivity index (χ1n) is 6.14. The van der Waals surface area contributed by atoms with E-state index in [2.05, 4.69) is 5.32 Å². The average Bonchev–Trinajstić information content (AvgIpc) is 2.42. The van der Waals surface area contributed by atoms with Crippen molar-refractivity contribution in [3.63, 3.8) is 0 Å². The van der Waals surface area contributed by atoms with Crippen LogP contribution in [0.5, 0.6) is 0 Å².